The summed E-state index contributed by atoms with van der Waals surface area (Å²) in [5.41, 5.74) is 0.637. The lowest BCUT2D eigenvalue weighted by Crippen LogP contribution is -2.38. The first-order valence-electron chi connectivity index (χ1n) is 5.12. The number of anilines is 1. The largest absolute Gasteiger partial charge is 0.478 e. The van der Waals surface area contributed by atoms with E-state index in [1.165, 1.54) is 0 Å². The molecule has 0 aliphatic carbocycles. The highest BCUT2D eigenvalue weighted by atomic mass is 35.5. The van der Waals surface area contributed by atoms with Crippen LogP contribution in [-0.2, 0) is 4.79 Å². The molecular weight excluding hydrogens is 228 g/mol. The molecule has 1 unspecified atom stereocenters. The molecule has 2 rings (SSSR count). The number of fused-ring (bicyclic) bond motifs is 1. The Morgan fingerprint density at radius 1 is 1.56 bits per heavy atom. The van der Waals surface area contributed by atoms with Gasteiger partial charge in [0.25, 0.3) is 5.91 Å². The third-order valence-corrected chi connectivity index (χ3v) is 2.65. The van der Waals surface area contributed by atoms with Gasteiger partial charge in [0.15, 0.2) is 6.10 Å². The summed E-state index contributed by atoms with van der Waals surface area (Å²) in [6, 6.07) is 5.19. The van der Waals surface area contributed by atoms with Gasteiger partial charge in [0.2, 0.25) is 0 Å². The van der Waals surface area contributed by atoms with Crippen molar-refractivity contribution >= 4 is 23.2 Å². The van der Waals surface area contributed by atoms with E-state index in [0.29, 0.717) is 22.9 Å². The van der Waals surface area contributed by atoms with E-state index in [1.54, 1.807) is 18.2 Å². The predicted molar refractivity (Wildman–Crippen MR) is 63.0 cm³/mol. The van der Waals surface area contributed by atoms with Gasteiger partial charge in [0, 0.05) is 11.4 Å². The number of hydrogen-bond acceptors (Lipinski definition) is 3. The monoisotopic (exact) mass is 240 g/mol. The summed E-state index contributed by atoms with van der Waals surface area (Å²) in [4.78, 5) is 11.7. The molecule has 2 N–H and O–H groups in total. The third kappa shape index (κ3) is 2.28. The summed E-state index contributed by atoms with van der Waals surface area (Å²) in [6.45, 7) is 0.737. The number of carbonyl (C=O) groups is 1. The van der Waals surface area contributed by atoms with Crippen LogP contribution in [0.15, 0.2) is 18.2 Å². The standard InChI is InChI=1S/C11H13ClN2O2/c1-13-5-4-10-11(15)14-8-6-7(12)2-3-9(8)16-10/h2-3,6,10,13H,4-5H2,1H3,(H,14,15). The van der Waals surface area contributed by atoms with E-state index in [0.717, 1.165) is 6.54 Å². The second-order valence-corrected chi connectivity index (χ2v) is 4.06. The lowest BCUT2D eigenvalue weighted by molar-refractivity contribution is -0.123. The highest BCUT2D eigenvalue weighted by Crippen LogP contribution is 2.32. The summed E-state index contributed by atoms with van der Waals surface area (Å²) < 4.78 is 5.59. The second-order valence-electron chi connectivity index (χ2n) is 3.63. The average Bonchev–Trinajstić information content (AvgIpc) is 2.26. The fourth-order valence-electron chi connectivity index (χ4n) is 1.59. The minimum Gasteiger partial charge on any atom is -0.478 e. The molecule has 0 radical (unpaired) electrons. The number of hydrogen-bond donors (Lipinski definition) is 2. The van der Waals surface area contributed by atoms with Crippen molar-refractivity contribution in [1.82, 2.24) is 5.32 Å². The van der Waals surface area contributed by atoms with E-state index in [2.05, 4.69) is 10.6 Å². The quantitative estimate of drug-likeness (QED) is 0.845. The van der Waals surface area contributed by atoms with Crippen LogP contribution < -0.4 is 15.4 Å². The molecule has 0 fully saturated rings. The molecular formula is C11H13ClN2O2. The third-order valence-electron chi connectivity index (χ3n) is 2.42. The molecule has 5 heteroatoms. The van der Waals surface area contributed by atoms with Crippen molar-refractivity contribution in [3.63, 3.8) is 0 Å². The first-order chi connectivity index (χ1) is 7.70. The number of benzene rings is 1. The fraction of sp³-hybridized carbons (Fsp3) is 0.364. The Hall–Kier alpha value is -1.26. The number of nitrogens with one attached hydrogen (secondary N) is 2. The van der Waals surface area contributed by atoms with E-state index in [1.807, 2.05) is 7.05 Å². The molecule has 1 atom stereocenters. The van der Waals surface area contributed by atoms with E-state index in [9.17, 15) is 4.79 Å². The first kappa shape index (κ1) is 11.2. The molecule has 0 aromatic heterocycles. The van der Waals surface area contributed by atoms with Crippen LogP contribution >= 0.6 is 11.6 Å². The molecule has 0 saturated carbocycles. The zero-order valence-electron chi connectivity index (χ0n) is 8.92. The molecule has 1 aromatic carbocycles. The predicted octanol–water partition coefficient (Wildman–Crippen LogP) is 1.65. The van der Waals surface area contributed by atoms with Gasteiger partial charge in [-0.3, -0.25) is 4.79 Å². The summed E-state index contributed by atoms with van der Waals surface area (Å²) in [7, 11) is 1.84. The number of rotatable bonds is 3. The van der Waals surface area contributed by atoms with E-state index >= 15 is 0 Å². The lowest BCUT2D eigenvalue weighted by Gasteiger charge is -2.25. The Kier molecular flexibility index (Phi) is 3.31. The van der Waals surface area contributed by atoms with Crippen LogP contribution in [0.5, 0.6) is 5.75 Å². The number of ether oxygens (including phenoxy) is 1. The summed E-state index contributed by atoms with van der Waals surface area (Å²) >= 11 is 5.83. The topological polar surface area (TPSA) is 50.4 Å². The number of amides is 1. The lowest BCUT2D eigenvalue weighted by atomic mass is 10.1. The maximum Gasteiger partial charge on any atom is 0.265 e. The molecule has 0 saturated heterocycles. The second kappa shape index (κ2) is 4.72. The van der Waals surface area contributed by atoms with Crippen molar-refractivity contribution in [2.45, 2.75) is 12.5 Å². The Morgan fingerprint density at radius 3 is 3.12 bits per heavy atom. The molecule has 1 aliphatic rings. The van der Waals surface area contributed by atoms with Crippen LogP contribution in [0, 0.1) is 0 Å². The van der Waals surface area contributed by atoms with Gasteiger partial charge in [-0.2, -0.15) is 0 Å². The maximum absolute atomic E-state index is 11.7. The molecule has 1 aliphatic heterocycles. The SMILES string of the molecule is CNCCC1Oc2ccc(Cl)cc2NC1=O. The Bertz CT molecular complexity index is 409. The normalized spacial score (nSPS) is 18.6. The number of carbonyl (C=O) groups excluding carboxylic acids is 1. The summed E-state index contributed by atoms with van der Waals surface area (Å²) in [5.74, 6) is 0.551. The average molecular weight is 241 g/mol. The van der Waals surface area contributed by atoms with Gasteiger partial charge < -0.3 is 15.4 Å². The number of halogens is 1. The van der Waals surface area contributed by atoms with Gasteiger partial charge in [0.05, 0.1) is 5.69 Å². The zero-order valence-corrected chi connectivity index (χ0v) is 9.67. The van der Waals surface area contributed by atoms with Crippen LogP contribution in [0.1, 0.15) is 6.42 Å². The van der Waals surface area contributed by atoms with Crippen molar-refractivity contribution in [2.24, 2.45) is 0 Å². The van der Waals surface area contributed by atoms with Crippen LogP contribution in [0.2, 0.25) is 5.02 Å². The smallest absolute Gasteiger partial charge is 0.265 e. The minimum atomic E-state index is -0.430. The van der Waals surface area contributed by atoms with Crippen molar-refractivity contribution in [2.75, 3.05) is 18.9 Å². The van der Waals surface area contributed by atoms with Gasteiger partial charge >= 0.3 is 0 Å². The van der Waals surface area contributed by atoms with Crippen LogP contribution in [0.25, 0.3) is 0 Å². The summed E-state index contributed by atoms with van der Waals surface area (Å²) in [6.07, 6.45) is 0.214. The van der Waals surface area contributed by atoms with Crippen molar-refractivity contribution in [1.29, 1.82) is 0 Å². The molecule has 4 nitrogen and oxygen atoms in total. The first-order valence-corrected chi connectivity index (χ1v) is 5.50. The van der Waals surface area contributed by atoms with Gasteiger partial charge in [-0.25, -0.2) is 0 Å². The van der Waals surface area contributed by atoms with Gasteiger partial charge in [-0.05, 0) is 31.8 Å². The van der Waals surface area contributed by atoms with Gasteiger partial charge in [-0.15, -0.1) is 0 Å². The molecule has 86 valence electrons. The highest BCUT2D eigenvalue weighted by Gasteiger charge is 2.26. The molecule has 1 amide bonds. The van der Waals surface area contributed by atoms with Crippen LogP contribution in [-0.4, -0.2) is 25.6 Å². The van der Waals surface area contributed by atoms with Gasteiger partial charge in [0.1, 0.15) is 5.75 Å². The molecule has 0 bridgehead atoms. The highest BCUT2D eigenvalue weighted by molar-refractivity contribution is 6.31. The molecule has 16 heavy (non-hydrogen) atoms. The van der Waals surface area contributed by atoms with Crippen molar-refractivity contribution < 1.29 is 9.53 Å². The van der Waals surface area contributed by atoms with Crippen molar-refractivity contribution in [3.05, 3.63) is 23.2 Å². The van der Waals surface area contributed by atoms with Crippen molar-refractivity contribution in [3.8, 4) is 5.75 Å². The van der Waals surface area contributed by atoms with Crippen LogP contribution in [0.4, 0.5) is 5.69 Å². The fourth-order valence-corrected chi connectivity index (χ4v) is 1.76. The van der Waals surface area contributed by atoms with E-state index in [4.69, 9.17) is 16.3 Å². The summed E-state index contributed by atoms with van der Waals surface area (Å²) in [5, 5.41) is 6.35. The van der Waals surface area contributed by atoms with Crippen LogP contribution in [0.3, 0.4) is 0 Å². The van der Waals surface area contributed by atoms with E-state index in [-0.39, 0.29) is 5.91 Å². The Balaban J connectivity index is 2.15. The van der Waals surface area contributed by atoms with Gasteiger partial charge in [-0.1, -0.05) is 11.6 Å². The minimum absolute atomic E-state index is 0.120. The molecule has 1 heterocycles. The zero-order chi connectivity index (χ0) is 11.5. The Morgan fingerprint density at radius 2 is 2.38 bits per heavy atom. The molecule has 1 aromatic rings. The Labute approximate surface area is 98.9 Å². The van der Waals surface area contributed by atoms with E-state index < -0.39 is 6.10 Å². The maximum atomic E-state index is 11.7. The molecule has 0 spiro atoms.